The summed E-state index contributed by atoms with van der Waals surface area (Å²) in [6.07, 6.45) is 7.83. The van der Waals surface area contributed by atoms with Crippen LogP contribution in [0.2, 0.25) is 0 Å². The Labute approximate surface area is 147 Å². The van der Waals surface area contributed by atoms with E-state index in [1.165, 1.54) is 31.4 Å². The van der Waals surface area contributed by atoms with Crippen molar-refractivity contribution in [3.05, 3.63) is 41.5 Å². The van der Waals surface area contributed by atoms with Crippen molar-refractivity contribution in [1.29, 1.82) is 0 Å². The van der Waals surface area contributed by atoms with Crippen LogP contribution in [0.15, 0.2) is 28.7 Å². The van der Waals surface area contributed by atoms with Crippen molar-refractivity contribution in [2.45, 2.75) is 64.3 Å². The summed E-state index contributed by atoms with van der Waals surface area (Å²) in [5.41, 5.74) is 1.47. The van der Waals surface area contributed by atoms with Crippen molar-refractivity contribution in [3.8, 4) is 11.5 Å². The largest absolute Gasteiger partial charge is 0.441 e. The van der Waals surface area contributed by atoms with Crippen molar-refractivity contribution in [3.63, 3.8) is 0 Å². The fraction of sp³-hybridized carbons (Fsp3) is 0.500. The fourth-order valence-electron chi connectivity index (χ4n) is 3.37. The van der Waals surface area contributed by atoms with Crippen molar-refractivity contribution in [1.82, 2.24) is 10.3 Å². The van der Waals surface area contributed by atoms with Gasteiger partial charge in [-0.1, -0.05) is 25.3 Å². The first-order valence-corrected chi connectivity index (χ1v) is 9.13. The number of amides is 1. The predicted molar refractivity (Wildman–Crippen MR) is 94.6 cm³/mol. The van der Waals surface area contributed by atoms with Crippen LogP contribution < -0.4 is 5.32 Å². The van der Waals surface area contributed by atoms with E-state index in [-0.39, 0.29) is 11.7 Å². The molecule has 2 aromatic rings. The molecule has 4 nitrogen and oxygen atoms in total. The summed E-state index contributed by atoms with van der Waals surface area (Å²) >= 11 is 0. The Morgan fingerprint density at radius 2 is 2.12 bits per heavy atom. The van der Waals surface area contributed by atoms with Crippen molar-refractivity contribution in [2.75, 3.05) is 0 Å². The van der Waals surface area contributed by atoms with Crippen LogP contribution in [0.3, 0.4) is 0 Å². The van der Waals surface area contributed by atoms with Crippen molar-refractivity contribution >= 4 is 5.91 Å². The average Bonchev–Trinajstić information content (AvgIpc) is 2.97. The maximum Gasteiger partial charge on any atom is 0.226 e. The second-order valence-corrected chi connectivity index (χ2v) is 6.79. The molecule has 1 heterocycles. The zero-order valence-electron chi connectivity index (χ0n) is 14.7. The third-order valence-electron chi connectivity index (χ3n) is 4.75. The quantitative estimate of drug-likeness (QED) is 0.836. The second-order valence-electron chi connectivity index (χ2n) is 6.79. The number of aromatic nitrogens is 1. The SMILES string of the molecule is Cc1oc(-c2cccc(F)c2)nc1CCCC(=O)NC1CCCCC1. The maximum absolute atomic E-state index is 13.3. The smallest absolute Gasteiger partial charge is 0.226 e. The van der Waals surface area contributed by atoms with Gasteiger partial charge < -0.3 is 9.73 Å². The van der Waals surface area contributed by atoms with E-state index in [0.717, 1.165) is 30.7 Å². The van der Waals surface area contributed by atoms with Crippen molar-refractivity contribution in [2.24, 2.45) is 0 Å². The van der Waals surface area contributed by atoms with E-state index in [0.29, 0.717) is 30.3 Å². The molecule has 5 heteroatoms. The lowest BCUT2D eigenvalue weighted by Gasteiger charge is -2.22. The summed E-state index contributed by atoms with van der Waals surface area (Å²) in [7, 11) is 0. The van der Waals surface area contributed by atoms with Gasteiger partial charge in [0.25, 0.3) is 0 Å². The maximum atomic E-state index is 13.3. The normalized spacial score (nSPS) is 15.3. The van der Waals surface area contributed by atoms with Gasteiger partial charge in [-0.3, -0.25) is 4.79 Å². The number of carbonyl (C=O) groups excluding carboxylic acids is 1. The standard InChI is InChI=1S/C20H25FN2O2/c1-14-18(23-20(25-14)15-7-5-8-16(21)13-15)11-6-12-19(24)22-17-9-3-2-4-10-17/h5,7-8,13,17H,2-4,6,9-12H2,1H3,(H,22,24). The average molecular weight is 344 g/mol. The molecule has 1 N–H and O–H groups in total. The Hall–Kier alpha value is -2.17. The van der Waals surface area contributed by atoms with Gasteiger partial charge in [-0.05, 0) is 50.8 Å². The van der Waals surface area contributed by atoms with E-state index < -0.39 is 0 Å². The van der Waals surface area contributed by atoms with E-state index >= 15 is 0 Å². The van der Waals surface area contributed by atoms with Gasteiger partial charge >= 0.3 is 0 Å². The number of nitrogens with zero attached hydrogens (tertiary/aromatic N) is 1. The molecule has 0 saturated heterocycles. The molecule has 1 saturated carbocycles. The van der Waals surface area contributed by atoms with Crippen LogP contribution in [0.1, 0.15) is 56.4 Å². The summed E-state index contributed by atoms with van der Waals surface area (Å²) in [6, 6.07) is 6.57. The van der Waals surface area contributed by atoms with Gasteiger partial charge in [0.05, 0.1) is 5.69 Å². The molecule has 0 radical (unpaired) electrons. The highest BCUT2D eigenvalue weighted by molar-refractivity contribution is 5.76. The lowest BCUT2D eigenvalue weighted by atomic mass is 9.95. The molecule has 1 aliphatic carbocycles. The van der Waals surface area contributed by atoms with E-state index in [4.69, 9.17) is 4.42 Å². The summed E-state index contributed by atoms with van der Waals surface area (Å²) in [4.78, 5) is 16.5. The van der Waals surface area contributed by atoms with Crippen LogP contribution in [0.4, 0.5) is 4.39 Å². The van der Waals surface area contributed by atoms with Crippen LogP contribution >= 0.6 is 0 Å². The molecule has 0 spiro atoms. The third kappa shape index (κ3) is 4.91. The highest BCUT2D eigenvalue weighted by Crippen LogP contribution is 2.23. The Balaban J connectivity index is 1.50. The van der Waals surface area contributed by atoms with E-state index in [1.54, 1.807) is 12.1 Å². The molecule has 0 unspecified atom stereocenters. The van der Waals surface area contributed by atoms with Gasteiger partial charge in [-0.2, -0.15) is 0 Å². The third-order valence-corrected chi connectivity index (χ3v) is 4.75. The fourth-order valence-corrected chi connectivity index (χ4v) is 3.37. The molecule has 25 heavy (non-hydrogen) atoms. The summed E-state index contributed by atoms with van der Waals surface area (Å²) in [6.45, 7) is 1.85. The zero-order valence-corrected chi connectivity index (χ0v) is 14.7. The summed E-state index contributed by atoms with van der Waals surface area (Å²) in [5.74, 6) is 0.971. The van der Waals surface area contributed by atoms with Gasteiger partial charge in [0.1, 0.15) is 11.6 Å². The van der Waals surface area contributed by atoms with Gasteiger partial charge in [0.2, 0.25) is 11.8 Å². The molecule has 134 valence electrons. The molecular weight excluding hydrogens is 319 g/mol. The van der Waals surface area contributed by atoms with Gasteiger partial charge in [0.15, 0.2) is 0 Å². The Morgan fingerprint density at radius 1 is 1.32 bits per heavy atom. The summed E-state index contributed by atoms with van der Waals surface area (Å²) < 4.78 is 19.0. The van der Waals surface area contributed by atoms with Crippen molar-refractivity contribution < 1.29 is 13.6 Å². The minimum atomic E-state index is -0.311. The van der Waals surface area contributed by atoms with Crippen LogP contribution in [0.5, 0.6) is 0 Å². The molecule has 0 bridgehead atoms. The number of oxazole rings is 1. The Kier molecular flexibility index (Phi) is 5.84. The molecule has 1 fully saturated rings. The number of hydrogen-bond donors (Lipinski definition) is 1. The summed E-state index contributed by atoms with van der Waals surface area (Å²) in [5, 5.41) is 3.13. The predicted octanol–water partition coefficient (Wildman–Crippen LogP) is 4.56. The lowest BCUT2D eigenvalue weighted by Crippen LogP contribution is -2.36. The molecule has 1 aliphatic rings. The Morgan fingerprint density at radius 3 is 2.88 bits per heavy atom. The van der Waals surface area contributed by atoms with Gasteiger partial charge in [-0.25, -0.2) is 9.37 Å². The monoisotopic (exact) mass is 344 g/mol. The minimum Gasteiger partial charge on any atom is -0.441 e. The van der Waals surface area contributed by atoms with E-state index in [2.05, 4.69) is 10.3 Å². The van der Waals surface area contributed by atoms with E-state index in [9.17, 15) is 9.18 Å². The number of benzene rings is 1. The first-order chi connectivity index (χ1) is 12.1. The lowest BCUT2D eigenvalue weighted by molar-refractivity contribution is -0.122. The molecule has 0 aliphatic heterocycles. The highest BCUT2D eigenvalue weighted by Gasteiger charge is 2.16. The molecule has 1 aromatic heterocycles. The van der Waals surface area contributed by atoms with Crippen LogP contribution in [-0.2, 0) is 11.2 Å². The number of nitrogens with one attached hydrogen (secondary N) is 1. The second kappa shape index (κ2) is 8.28. The van der Waals surface area contributed by atoms with Crippen LogP contribution in [0.25, 0.3) is 11.5 Å². The number of carbonyl (C=O) groups is 1. The molecule has 1 aromatic carbocycles. The van der Waals surface area contributed by atoms with Crippen LogP contribution in [0, 0.1) is 12.7 Å². The molecule has 0 atom stereocenters. The number of aryl methyl sites for hydroxylation is 2. The molecule has 3 rings (SSSR count). The number of hydrogen-bond acceptors (Lipinski definition) is 3. The van der Waals surface area contributed by atoms with E-state index in [1.807, 2.05) is 6.92 Å². The number of rotatable bonds is 6. The highest BCUT2D eigenvalue weighted by atomic mass is 19.1. The zero-order chi connectivity index (χ0) is 17.6. The first-order valence-electron chi connectivity index (χ1n) is 9.13. The van der Waals surface area contributed by atoms with Gasteiger partial charge in [0, 0.05) is 18.0 Å². The van der Waals surface area contributed by atoms with Crippen LogP contribution in [-0.4, -0.2) is 16.9 Å². The topological polar surface area (TPSA) is 55.1 Å². The number of halogens is 1. The van der Waals surface area contributed by atoms with Gasteiger partial charge in [-0.15, -0.1) is 0 Å². The molecule has 1 amide bonds. The molecular formula is C20H25FN2O2. The Bertz CT molecular complexity index is 720. The minimum absolute atomic E-state index is 0.124. The first kappa shape index (κ1) is 17.6.